The van der Waals surface area contributed by atoms with Crippen molar-refractivity contribution in [2.24, 2.45) is 0 Å². The Hall–Kier alpha value is 0.170. The topological polar surface area (TPSA) is 18.5 Å². The van der Waals surface area contributed by atoms with Gasteiger partial charge in [0.05, 0.1) is 5.02 Å². The first kappa shape index (κ1) is 12.6. The van der Waals surface area contributed by atoms with Crippen LogP contribution in [0.25, 0.3) is 0 Å². The van der Waals surface area contributed by atoms with Gasteiger partial charge in [-0.15, -0.1) is 9.05 Å². The minimum absolute atomic E-state index is 0.00134. The van der Waals surface area contributed by atoms with Crippen LogP contribution in [0, 0.1) is 5.82 Å². The fourth-order valence-corrected chi connectivity index (χ4v) is 3.20. The Morgan fingerprint density at radius 1 is 1.38 bits per heavy atom. The average molecular weight is 300 g/mol. The lowest BCUT2D eigenvalue weighted by Gasteiger charge is -2.16. The van der Waals surface area contributed by atoms with Gasteiger partial charge in [-0.25, -0.2) is 4.39 Å². The molecule has 0 amide bonds. The molecule has 7 heteroatoms. The van der Waals surface area contributed by atoms with Gasteiger partial charge in [0.1, 0.15) is 18.5 Å². The molecule has 0 radical (unpaired) electrons. The lowest BCUT2D eigenvalue weighted by Crippen LogP contribution is -2.10. The predicted molar refractivity (Wildman–Crippen MR) is 65.1 cm³/mol. The molecule has 1 aromatic rings. The van der Waals surface area contributed by atoms with Crippen molar-refractivity contribution in [1.29, 1.82) is 0 Å². The largest absolute Gasteiger partial charge is 0.522 e. The van der Waals surface area contributed by atoms with Crippen molar-refractivity contribution in [3.8, 4) is 0 Å². The lowest BCUT2D eigenvalue weighted by atomic mass is 10.1. The standard InChI is InChI=1S/C9H7Cl2FO2PS/c10-6-4-7(11)8(12)3-5(6)9-1-2-13-15(16)14-9/h3-4,9H,1-2H2/q+1. The van der Waals surface area contributed by atoms with Crippen molar-refractivity contribution in [2.75, 3.05) is 6.61 Å². The summed E-state index contributed by atoms with van der Waals surface area (Å²) in [6.07, 6.45) is 0.299. The molecule has 1 aliphatic rings. The van der Waals surface area contributed by atoms with E-state index < -0.39 is 13.0 Å². The molecule has 1 aliphatic heterocycles. The van der Waals surface area contributed by atoms with Crippen molar-refractivity contribution >= 4 is 42.2 Å². The second kappa shape index (κ2) is 5.21. The SMILES string of the molecule is Fc1cc(C2CCO[P+](=S)O2)c(Cl)cc1Cl. The van der Waals surface area contributed by atoms with Crippen LogP contribution in [0.3, 0.4) is 0 Å². The number of halogens is 3. The van der Waals surface area contributed by atoms with E-state index in [1.54, 1.807) is 0 Å². The minimum Gasteiger partial charge on any atom is -0.205 e. The highest BCUT2D eigenvalue weighted by Gasteiger charge is 2.32. The minimum atomic E-state index is -1.32. The van der Waals surface area contributed by atoms with Gasteiger partial charge in [0.2, 0.25) is 11.8 Å². The molecule has 2 rings (SSSR count). The molecule has 16 heavy (non-hydrogen) atoms. The summed E-state index contributed by atoms with van der Waals surface area (Å²) >= 11 is 16.5. The average Bonchev–Trinajstić information content (AvgIpc) is 2.23. The quantitative estimate of drug-likeness (QED) is 0.566. The van der Waals surface area contributed by atoms with Gasteiger partial charge in [0.25, 0.3) is 0 Å². The van der Waals surface area contributed by atoms with Crippen molar-refractivity contribution < 1.29 is 13.4 Å². The van der Waals surface area contributed by atoms with Crippen molar-refractivity contribution in [1.82, 2.24) is 0 Å². The Bertz CT molecular complexity index is 444. The first-order valence-electron chi connectivity index (χ1n) is 4.49. The van der Waals surface area contributed by atoms with Crippen LogP contribution in [-0.2, 0) is 20.9 Å². The fourth-order valence-electron chi connectivity index (χ4n) is 1.42. The van der Waals surface area contributed by atoms with E-state index >= 15 is 0 Å². The monoisotopic (exact) mass is 299 g/mol. The molecule has 1 saturated heterocycles. The zero-order chi connectivity index (χ0) is 11.7. The summed E-state index contributed by atoms with van der Waals surface area (Å²) in [4.78, 5) is 0. The number of hydrogen-bond acceptors (Lipinski definition) is 3. The number of rotatable bonds is 1. The Morgan fingerprint density at radius 3 is 2.81 bits per heavy atom. The van der Waals surface area contributed by atoms with Gasteiger partial charge in [0, 0.05) is 17.0 Å². The van der Waals surface area contributed by atoms with E-state index in [9.17, 15) is 4.39 Å². The predicted octanol–water partition coefficient (Wildman–Crippen LogP) is 4.38. The summed E-state index contributed by atoms with van der Waals surface area (Å²) in [5.41, 5.74) is 0.573. The van der Waals surface area contributed by atoms with Crippen molar-refractivity contribution in [2.45, 2.75) is 12.5 Å². The van der Waals surface area contributed by atoms with Crippen molar-refractivity contribution in [3.05, 3.63) is 33.6 Å². The van der Waals surface area contributed by atoms with Gasteiger partial charge in [-0.2, -0.15) is 0 Å². The van der Waals surface area contributed by atoms with E-state index in [2.05, 4.69) is 0 Å². The molecule has 0 N–H and O–H groups in total. The van der Waals surface area contributed by atoms with Crippen LogP contribution in [-0.4, -0.2) is 6.61 Å². The fraction of sp³-hybridized carbons (Fsp3) is 0.333. The molecule has 1 fully saturated rings. The van der Waals surface area contributed by atoms with E-state index in [4.69, 9.17) is 44.1 Å². The molecule has 1 aromatic carbocycles. The molecule has 1 heterocycles. The molecule has 0 aromatic heterocycles. The smallest absolute Gasteiger partial charge is 0.205 e. The molecule has 0 spiro atoms. The highest BCUT2D eigenvalue weighted by atomic mass is 35.5. The molecule has 2 nitrogen and oxygen atoms in total. The normalized spacial score (nSPS) is 23.4. The number of hydrogen-bond donors (Lipinski definition) is 0. The van der Waals surface area contributed by atoms with Gasteiger partial charge in [-0.3, -0.25) is 0 Å². The van der Waals surface area contributed by atoms with Crippen LogP contribution in [0.15, 0.2) is 12.1 Å². The molecule has 2 atom stereocenters. The highest BCUT2D eigenvalue weighted by molar-refractivity contribution is 8.00. The second-order valence-electron chi connectivity index (χ2n) is 3.23. The molecule has 0 aliphatic carbocycles. The molecule has 0 saturated carbocycles. The van der Waals surface area contributed by atoms with E-state index in [0.29, 0.717) is 23.6 Å². The number of benzene rings is 1. The highest BCUT2D eigenvalue weighted by Crippen LogP contribution is 2.42. The first-order valence-corrected chi connectivity index (χ1v) is 7.44. The molecule has 2 unspecified atom stereocenters. The summed E-state index contributed by atoms with van der Waals surface area (Å²) in [5, 5.41) is 0.387. The second-order valence-corrected chi connectivity index (χ2v) is 5.85. The summed E-state index contributed by atoms with van der Waals surface area (Å²) in [6, 6.07) is 2.66. The zero-order valence-electron chi connectivity index (χ0n) is 7.95. The van der Waals surface area contributed by atoms with Crippen LogP contribution >= 0.6 is 30.4 Å². The maximum absolute atomic E-state index is 13.3. The Labute approximate surface area is 108 Å². The van der Waals surface area contributed by atoms with Crippen LogP contribution in [0.4, 0.5) is 4.39 Å². The van der Waals surface area contributed by atoms with E-state index in [1.807, 2.05) is 0 Å². The third kappa shape index (κ3) is 2.70. The third-order valence-corrected chi connectivity index (χ3v) is 4.19. The molecular weight excluding hydrogens is 293 g/mol. The van der Waals surface area contributed by atoms with Gasteiger partial charge in [-0.05, 0) is 12.1 Å². The first-order chi connectivity index (χ1) is 7.58. The van der Waals surface area contributed by atoms with E-state index in [-0.39, 0.29) is 11.1 Å². The maximum atomic E-state index is 13.3. The van der Waals surface area contributed by atoms with E-state index in [1.165, 1.54) is 12.1 Å². The van der Waals surface area contributed by atoms with E-state index in [0.717, 1.165) is 0 Å². The Balaban J connectivity index is 2.32. The van der Waals surface area contributed by atoms with Gasteiger partial charge < -0.3 is 0 Å². The summed E-state index contributed by atoms with van der Waals surface area (Å²) in [5.74, 6) is -0.509. The van der Waals surface area contributed by atoms with Crippen molar-refractivity contribution in [3.63, 3.8) is 0 Å². The Morgan fingerprint density at radius 2 is 2.12 bits per heavy atom. The third-order valence-electron chi connectivity index (χ3n) is 2.18. The van der Waals surface area contributed by atoms with Gasteiger partial charge >= 0.3 is 7.15 Å². The molecule has 0 bridgehead atoms. The van der Waals surface area contributed by atoms with Crippen LogP contribution in [0.1, 0.15) is 18.1 Å². The maximum Gasteiger partial charge on any atom is 0.522 e. The van der Waals surface area contributed by atoms with Gasteiger partial charge in [0.15, 0.2) is 0 Å². The van der Waals surface area contributed by atoms with Crippen LogP contribution in [0.2, 0.25) is 10.0 Å². The molecule has 86 valence electrons. The van der Waals surface area contributed by atoms with Crippen LogP contribution < -0.4 is 0 Å². The Kier molecular flexibility index (Phi) is 4.11. The summed E-state index contributed by atoms with van der Waals surface area (Å²) in [7, 11) is -1.32. The van der Waals surface area contributed by atoms with Gasteiger partial charge in [-0.1, -0.05) is 23.2 Å². The lowest BCUT2D eigenvalue weighted by molar-refractivity contribution is 0.119. The molecular formula is C9H7Cl2FO2PS+. The van der Waals surface area contributed by atoms with Crippen LogP contribution in [0.5, 0.6) is 0 Å². The summed E-state index contributed by atoms with van der Waals surface area (Å²) in [6.45, 7) is 0.500. The zero-order valence-corrected chi connectivity index (χ0v) is 11.2. The summed E-state index contributed by atoms with van der Waals surface area (Å²) < 4.78 is 23.8.